The Morgan fingerprint density at radius 3 is 2.60 bits per heavy atom. The van der Waals surface area contributed by atoms with Crippen LogP contribution in [0.3, 0.4) is 0 Å². The van der Waals surface area contributed by atoms with Gasteiger partial charge in [-0.2, -0.15) is 9.97 Å². The molecule has 0 saturated heterocycles. The number of nitrogens with two attached hydrogens (primary N) is 1. The number of aryl methyl sites for hydroxylation is 2. The van der Waals surface area contributed by atoms with Gasteiger partial charge in [-0.25, -0.2) is 4.79 Å². The molecule has 3 aromatic heterocycles. The fourth-order valence-electron chi connectivity index (χ4n) is 2.82. The van der Waals surface area contributed by atoms with Crippen LogP contribution in [0.5, 0.6) is 0 Å². The zero-order valence-corrected chi connectivity index (χ0v) is 15.7. The predicted octanol–water partition coefficient (Wildman–Crippen LogP) is 2.95. The molecular formula is C16H18Cl2N6O. The van der Waals surface area contributed by atoms with Gasteiger partial charge in [0.1, 0.15) is 5.52 Å². The van der Waals surface area contributed by atoms with Crippen LogP contribution < -0.4 is 11.4 Å². The highest BCUT2D eigenvalue weighted by atomic mass is 35.5. The molecule has 0 aliphatic rings. The molecule has 0 radical (unpaired) electrons. The van der Waals surface area contributed by atoms with Crippen LogP contribution in [-0.2, 0) is 13.1 Å². The number of nitrogens with zero attached hydrogens (tertiary/aromatic N) is 5. The van der Waals surface area contributed by atoms with Crippen molar-refractivity contribution in [3.63, 3.8) is 0 Å². The number of pyridine rings is 1. The Morgan fingerprint density at radius 2 is 1.92 bits per heavy atom. The summed E-state index contributed by atoms with van der Waals surface area (Å²) >= 11 is 12.5. The second kappa shape index (κ2) is 6.65. The zero-order valence-electron chi connectivity index (χ0n) is 14.2. The molecule has 0 fully saturated rings. The van der Waals surface area contributed by atoms with Gasteiger partial charge in [0.15, 0.2) is 10.8 Å². The lowest BCUT2D eigenvalue weighted by Crippen LogP contribution is -2.25. The Bertz CT molecular complexity index is 1020. The Labute approximate surface area is 154 Å². The van der Waals surface area contributed by atoms with Crippen molar-refractivity contribution in [3.8, 4) is 0 Å². The summed E-state index contributed by atoms with van der Waals surface area (Å²) in [5, 5.41) is 0.806. The maximum absolute atomic E-state index is 12.9. The number of fused-ring (bicyclic) bond motifs is 1. The van der Waals surface area contributed by atoms with Gasteiger partial charge in [0, 0.05) is 17.8 Å². The van der Waals surface area contributed by atoms with Gasteiger partial charge in [0.2, 0.25) is 5.95 Å². The molecule has 3 heterocycles. The SMILES string of the molecule is CCCn1c(=O)n(Cc2ncc(C)c(Cl)c2C)c2nc(N)nc(Cl)c21. The van der Waals surface area contributed by atoms with Crippen molar-refractivity contribution in [1.82, 2.24) is 24.1 Å². The first-order chi connectivity index (χ1) is 11.8. The molecule has 0 saturated carbocycles. The van der Waals surface area contributed by atoms with Crippen molar-refractivity contribution in [2.24, 2.45) is 0 Å². The maximum atomic E-state index is 12.9. The highest BCUT2D eigenvalue weighted by Crippen LogP contribution is 2.24. The van der Waals surface area contributed by atoms with Crippen molar-refractivity contribution >= 4 is 40.3 Å². The summed E-state index contributed by atoms with van der Waals surface area (Å²) in [6.07, 6.45) is 2.46. The van der Waals surface area contributed by atoms with Gasteiger partial charge in [0.05, 0.1) is 12.2 Å². The first-order valence-electron chi connectivity index (χ1n) is 7.87. The van der Waals surface area contributed by atoms with Gasteiger partial charge in [-0.05, 0) is 31.4 Å². The molecule has 0 aliphatic heterocycles. The molecule has 0 aliphatic carbocycles. The highest BCUT2D eigenvalue weighted by molar-refractivity contribution is 6.33. The van der Waals surface area contributed by atoms with E-state index in [9.17, 15) is 4.79 Å². The van der Waals surface area contributed by atoms with Crippen LogP contribution in [0.2, 0.25) is 10.2 Å². The van der Waals surface area contributed by atoms with Crippen LogP contribution in [-0.4, -0.2) is 24.1 Å². The number of rotatable bonds is 4. The summed E-state index contributed by atoms with van der Waals surface area (Å²) in [6, 6.07) is 0. The van der Waals surface area contributed by atoms with Crippen molar-refractivity contribution in [2.45, 2.75) is 40.3 Å². The third kappa shape index (κ3) is 2.98. The Kier molecular flexibility index (Phi) is 4.71. The van der Waals surface area contributed by atoms with Gasteiger partial charge in [-0.1, -0.05) is 30.1 Å². The minimum Gasteiger partial charge on any atom is -0.368 e. The number of nitrogen functional groups attached to an aromatic ring is 1. The maximum Gasteiger partial charge on any atom is 0.330 e. The molecule has 0 amide bonds. The van der Waals surface area contributed by atoms with Crippen molar-refractivity contribution in [3.05, 3.63) is 43.7 Å². The molecule has 132 valence electrons. The third-order valence-corrected chi connectivity index (χ3v) is 4.95. The lowest BCUT2D eigenvalue weighted by atomic mass is 10.1. The molecule has 0 unspecified atom stereocenters. The molecule has 3 rings (SSSR count). The van der Waals surface area contributed by atoms with Gasteiger partial charge in [-0.3, -0.25) is 14.1 Å². The van der Waals surface area contributed by atoms with E-state index in [1.165, 1.54) is 4.57 Å². The molecule has 9 heteroatoms. The van der Waals surface area contributed by atoms with Gasteiger partial charge in [0.25, 0.3) is 0 Å². The highest BCUT2D eigenvalue weighted by Gasteiger charge is 2.20. The van der Waals surface area contributed by atoms with E-state index in [1.54, 1.807) is 10.8 Å². The molecule has 0 spiro atoms. The smallest absolute Gasteiger partial charge is 0.330 e. The Morgan fingerprint density at radius 1 is 1.20 bits per heavy atom. The first-order valence-corrected chi connectivity index (χ1v) is 8.63. The summed E-state index contributed by atoms with van der Waals surface area (Å²) in [6.45, 7) is 6.48. The third-order valence-electron chi connectivity index (χ3n) is 4.11. The summed E-state index contributed by atoms with van der Waals surface area (Å²) in [4.78, 5) is 25.5. The second-order valence-corrected chi connectivity index (χ2v) is 6.63. The van der Waals surface area contributed by atoms with Crippen molar-refractivity contribution < 1.29 is 0 Å². The minimum absolute atomic E-state index is 0.0199. The van der Waals surface area contributed by atoms with Crippen LogP contribution in [0.1, 0.15) is 30.2 Å². The summed E-state index contributed by atoms with van der Waals surface area (Å²) < 4.78 is 3.08. The molecule has 3 aromatic rings. The fraction of sp³-hybridized carbons (Fsp3) is 0.375. The second-order valence-electron chi connectivity index (χ2n) is 5.89. The topological polar surface area (TPSA) is 91.6 Å². The number of anilines is 1. The summed E-state index contributed by atoms with van der Waals surface area (Å²) in [5.74, 6) is 0.0199. The van der Waals surface area contributed by atoms with E-state index in [1.807, 2.05) is 20.8 Å². The number of imidazole rings is 1. The molecule has 0 atom stereocenters. The van der Waals surface area contributed by atoms with E-state index in [2.05, 4.69) is 15.0 Å². The van der Waals surface area contributed by atoms with E-state index < -0.39 is 0 Å². The molecule has 0 aromatic carbocycles. The van der Waals surface area contributed by atoms with Crippen LogP contribution in [0.4, 0.5) is 5.95 Å². The van der Waals surface area contributed by atoms with Gasteiger partial charge < -0.3 is 5.73 Å². The summed E-state index contributed by atoms with van der Waals surface area (Å²) in [5.41, 5.74) is 8.80. The number of aromatic nitrogens is 5. The molecule has 25 heavy (non-hydrogen) atoms. The van der Waals surface area contributed by atoms with E-state index in [0.717, 1.165) is 17.5 Å². The lowest BCUT2D eigenvalue weighted by Gasteiger charge is -2.09. The largest absolute Gasteiger partial charge is 0.368 e. The zero-order chi connectivity index (χ0) is 18.3. The minimum atomic E-state index is -0.225. The average Bonchev–Trinajstić information content (AvgIpc) is 2.81. The van der Waals surface area contributed by atoms with Crippen LogP contribution in [0.25, 0.3) is 11.2 Å². The van der Waals surface area contributed by atoms with Crippen molar-refractivity contribution in [2.75, 3.05) is 5.73 Å². The van der Waals surface area contributed by atoms with E-state index in [4.69, 9.17) is 28.9 Å². The standard InChI is InChI=1S/C16H18Cl2N6O/c1-4-5-23-12-13(18)21-15(19)22-14(12)24(16(23)25)7-10-9(3)11(17)8(2)6-20-10/h6H,4-5,7H2,1-3H3,(H2,19,21,22). The van der Waals surface area contributed by atoms with E-state index in [-0.39, 0.29) is 23.3 Å². The quantitative estimate of drug-likeness (QED) is 0.702. The van der Waals surface area contributed by atoms with E-state index >= 15 is 0 Å². The first kappa shape index (κ1) is 17.7. The van der Waals surface area contributed by atoms with Gasteiger partial charge >= 0.3 is 5.69 Å². The van der Waals surface area contributed by atoms with Crippen LogP contribution in [0.15, 0.2) is 11.0 Å². The Hall–Kier alpha value is -2.12. The number of halogens is 2. The summed E-state index contributed by atoms with van der Waals surface area (Å²) in [7, 11) is 0. The fourth-order valence-corrected chi connectivity index (χ4v) is 3.25. The van der Waals surface area contributed by atoms with Gasteiger partial charge in [-0.15, -0.1) is 0 Å². The molecule has 2 N–H and O–H groups in total. The molecule has 7 nitrogen and oxygen atoms in total. The number of hydrogen-bond donors (Lipinski definition) is 1. The number of hydrogen-bond acceptors (Lipinski definition) is 5. The van der Waals surface area contributed by atoms with Crippen LogP contribution in [0, 0.1) is 13.8 Å². The van der Waals surface area contributed by atoms with Crippen molar-refractivity contribution in [1.29, 1.82) is 0 Å². The average molecular weight is 381 g/mol. The monoisotopic (exact) mass is 380 g/mol. The molecular weight excluding hydrogens is 363 g/mol. The van der Waals surface area contributed by atoms with E-state index in [0.29, 0.717) is 28.4 Å². The van der Waals surface area contributed by atoms with Crippen LogP contribution >= 0.6 is 23.2 Å². The normalized spacial score (nSPS) is 11.4. The lowest BCUT2D eigenvalue weighted by molar-refractivity contribution is 0.633. The molecule has 0 bridgehead atoms. The predicted molar refractivity (Wildman–Crippen MR) is 99.3 cm³/mol. The Balaban J connectivity index is 2.25.